The van der Waals surface area contributed by atoms with Gasteiger partial charge in [-0.3, -0.25) is 0 Å². The van der Waals surface area contributed by atoms with Crippen LogP contribution in [-0.4, -0.2) is 4.40 Å². The van der Waals surface area contributed by atoms with Crippen LogP contribution in [0.4, 0.5) is 0 Å². The molecule has 0 N–H and O–H groups in total. The summed E-state index contributed by atoms with van der Waals surface area (Å²) in [5, 5.41) is 14.1. The number of pyridine rings is 1. The summed E-state index contributed by atoms with van der Waals surface area (Å²) in [5.74, 6) is -0.398. The van der Waals surface area contributed by atoms with Gasteiger partial charge < -0.3 is 5.11 Å². The molecule has 4 nitrogen and oxygen atoms in total. The van der Waals surface area contributed by atoms with Gasteiger partial charge in [-0.2, -0.15) is 4.40 Å². The Morgan fingerprint density at radius 3 is 2.43 bits per heavy atom. The van der Waals surface area contributed by atoms with E-state index in [1.807, 2.05) is 36.4 Å². The Balaban J connectivity index is 1.86. The van der Waals surface area contributed by atoms with Crippen LogP contribution in [0.5, 0.6) is 5.88 Å². The monoisotopic (exact) mass is 500 g/mol. The van der Waals surface area contributed by atoms with E-state index < -0.39 is 11.4 Å². The SMILES string of the molecule is O=c1c(-c2cc(Cl)cc(Cl)c2)c([O-])[n+](C/C=C/c2ccc(Br)cc2)c2ccccn12. The van der Waals surface area contributed by atoms with Crippen LogP contribution in [0.15, 0.2) is 82.2 Å². The van der Waals surface area contributed by atoms with E-state index in [0.29, 0.717) is 27.8 Å². The maximum Gasteiger partial charge on any atom is 0.349 e. The molecular formula is C23H15BrCl2N2O2. The van der Waals surface area contributed by atoms with Crippen molar-refractivity contribution in [3.63, 3.8) is 0 Å². The fourth-order valence-corrected chi connectivity index (χ4v) is 4.06. The number of hydrogen-bond donors (Lipinski definition) is 0. The van der Waals surface area contributed by atoms with Crippen LogP contribution in [0, 0.1) is 0 Å². The molecule has 0 aliphatic carbocycles. The minimum absolute atomic E-state index is 0.0279. The van der Waals surface area contributed by atoms with Gasteiger partial charge in [-0.05, 0) is 53.6 Å². The van der Waals surface area contributed by atoms with Crippen molar-refractivity contribution in [2.75, 3.05) is 0 Å². The van der Waals surface area contributed by atoms with Crippen molar-refractivity contribution in [1.29, 1.82) is 0 Å². The van der Waals surface area contributed by atoms with Gasteiger partial charge >= 0.3 is 5.56 Å². The first-order valence-corrected chi connectivity index (χ1v) is 10.6. The van der Waals surface area contributed by atoms with Crippen molar-refractivity contribution in [2.24, 2.45) is 0 Å². The first-order valence-electron chi connectivity index (χ1n) is 9.07. The predicted molar refractivity (Wildman–Crippen MR) is 122 cm³/mol. The molecule has 0 amide bonds. The van der Waals surface area contributed by atoms with E-state index in [4.69, 9.17) is 23.2 Å². The fourth-order valence-electron chi connectivity index (χ4n) is 3.27. The first kappa shape index (κ1) is 20.7. The number of aromatic nitrogens is 2. The Morgan fingerprint density at radius 2 is 1.73 bits per heavy atom. The summed E-state index contributed by atoms with van der Waals surface area (Å²) in [7, 11) is 0. The zero-order valence-corrected chi connectivity index (χ0v) is 18.7. The molecule has 0 aliphatic heterocycles. The lowest BCUT2D eigenvalue weighted by Crippen LogP contribution is -2.43. The normalized spacial score (nSPS) is 11.4. The smallest absolute Gasteiger partial charge is 0.349 e. The molecular weight excluding hydrogens is 487 g/mol. The third-order valence-corrected chi connectivity index (χ3v) is 5.59. The van der Waals surface area contributed by atoms with E-state index >= 15 is 0 Å². The molecule has 4 aromatic rings. The second kappa shape index (κ2) is 8.64. The summed E-state index contributed by atoms with van der Waals surface area (Å²) in [4.78, 5) is 13.1. The van der Waals surface area contributed by atoms with Crippen molar-refractivity contribution >= 4 is 50.9 Å². The van der Waals surface area contributed by atoms with Crippen molar-refractivity contribution in [3.05, 3.63) is 103 Å². The molecule has 30 heavy (non-hydrogen) atoms. The molecule has 0 radical (unpaired) electrons. The summed E-state index contributed by atoms with van der Waals surface area (Å²) in [6.07, 6.45) is 5.46. The molecule has 0 bridgehead atoms. The van der Waals surface area contributed by atoms with Gasteiger partial charge in [0.25, 0.3) is 5.65 Å². The average molecular weight is 502 g/mol. The van der Waals surface area contributed by atoms with Gasteiger partial charge in [-0.25, -0.2) is 9.36 Å². The lowest BCUT2D eigenvalue weighted by molar-refractivity contribution is -0.706. The molecule has 0 unspecified atom stereocenters. The molecule has 2 aromatic carbocycles. The van der Waals surface area contributed by atoms with Crippen LogP contribution in [0.1, 0.15) is 5.56 Å². The Hall–Kier alpha value is -2.60. The minimum Gasteiger partial charge on any atom is -0.842 e. The number of allylic oxidation sites excluding steroid dienone is 1. The third kappa shape index (κ3) is 4.15. The lowest BCUT2D eigenvalue weighted by Gasteiger charge is -2.16. The van der Waals surface area contributed by atoms with E-state index in [1.54, 1.807) is 47.2 Å². The first-order chi connectivity index (χ1) is 14.4. The number of rotatable bonds is 4. The quantitative estimate of drug-likeness (QED) is 0.365. The third-order valence-electron chi connectivity index (χ3n) is 4.63. The second-order valence-corrected chi connectivity index (χ2v) is 8.43. The van der Waals surface area contributed by atoms with E-state index in [-0.39, 0.29) is 5.56 Å². The van der Waals surface area contributed by atoms with Crippen LogP contribution >= 0.6 is 39.1 Å². The van der Waals surface area contributed by atoms with Crippen LogP contribution in [0.2, 0.25) is 10.0 Å². The van der Waals surface area contributed by atoms with Crippen molar-refractivity contribution in [1.82, 2.24) is 4.40 Å². The van der Waals surface area contributed by atoms with Crippen LogP contribution in [0.25, 0.3) is 22.9 Å². The van der Waals surface area contributed by atoms with Crippen molar-refractivity contribution < 1.29 is 9.67 Å². The Labute approximate surface area is 191 Å². The zero-order valence-electron chi connectivity index (χ0n) is 15.6. The van der Waals surface area contributed by atoms with Gasteiger partial charge in [0.15, 0.2) is 0 Å². The van der Waals surface area contributed by atoms with E-state index in [1.165, 1.54) is 4.40 Å². The standard InChI is InChI=1S/C23H15BrCl2N2O2/c24-17-8-6-15(7-9-17)4-3-11-28-20-5-1-2-10-27(20)22(29)21(23(28)30)16-12-18(25)14-19(26)13-16/h1-10,12-14H,11H2/b4-3+. The highest BCUT2D eigenvalue weighted by atomic mass is 79.9. The van der Waals surface area contributed by atoms with Gasteiger partial charge in [0.1, 0.15) is 12.1 Å². The lowest BCUT2D eigenvalue weighted by atomic mass is 10.1. The number of halogens is 3. The van der Waals surface area contributed by atoms with E-state index in [0.717, 1.165) is 10.0 Å². The molecule has 0 atom stereocenters. The summed E-state index contributed by atoms with van der Waals surface area (Å²) in [6.45, 7) is 0.296. The summed E-state index contributed by atoms with van der Waals surface area (Å²) in [5.41, 5.74) is 1.52. The molecule has 0 spiro atoms. The van der Waals surface area contributed by atoms with Crippen molar-refractivity contribution in [3.8, 4) is 17.0 Å². The number of fused-ring (bicyclic) bond motifs is 1. The number of benzene rings is 2. The number of hydrogen-bond acceptors (Lipinski definition) is 2. The molecule has 7 heteroatoms. The highest BCUT2D eigenvalue weighted by Crippen LogP contribution is 2.28. The Kier molecular flexibility index (Phi) is 5.95. The van der Waals surface area contributed by atoms with Gasteiger partial charge in [-0.1, -0.05) is 63.4 Å². The van der Waals surface area contributed by atoms with Gasteiger partial charge in [0.2, 0.25) is 0 Å². The average Bonchev–Trinajstić information content (AvgIpc) is 2.71. The molecule has 0 fully saturated rings. The van der Waals surface area contributed by atoms with E-state index in [9.17, 15) is 9.90 Å². The Morgan fingerprint density at radius 1 is 1.03 bits per heavy atom. The van der Waals surface area contributed by atoms with Crippen LogP contribution in [-0.2, 0) is 6.54 Å². The fraction of sp³-hybridized carbons (Fsp3) is 0.0435. The summed E-state index contributed by atoms with van der Waals surface area (Å²) >= 11 is 15.6. The summed E-state index contributed by atoms with van der Waals surface area (Å²) < 4.78 is 4.01. The maximum atomic E-state index is 13.3. The molecule has 2 heterocycles. The van der Waals surface area contributed by atoms with Crippen LogP contribution < -0.4 is 15.2 Å². The van der Waals surface area contributed by atoms with Gasteiger partial charge in [0.05, 0.1) is 12.1 Å². The van der Waals surface area contributed by atoms with Crippen LogP contribution in [0.3, 0.4) is 0 Å². The van der Waals surface area contributed by atoms with E-state index in [2.05, 4.69) is 15.9 Å². The predicted octanol–water partition coefficient (Wildman–Crippen LogP) is 5.11. The topological polar surface area (TPSA) is 48.4 Å². The van der Waals surface area contributed by atoms with Crippen molar-refractivity contribution in [2.45, 2.75) is 6.54 Å². The minimum atomic E-state index is -0.415. The second-order valence-electron chi connectivity index (χ2n) is 6.64. The zero-order chi connectivity index (χ0) is 21.3. The largest absolute Gasteiger partial charge is 0.842 e. The highest BCUT2D eigenvalue weighted by Gasteiger charge is 2.19. The Bertz CT molecular complexity index is 1310. The maximum absolute atomic E-state index is 13.3. The molecule has 0 saturated carbocycles. The molecule has 150 valence electrons. The molecule has 0 aliphatic rings. The number of nitrogens with zero attached hydrogens (tertiary/aromatic N) is 2. The van der Waals surface area contributed by atoms with Gasteiger partial charge in [-0.15, -0.1) is 0 Å². The molecule has 0 saturated heterocycles. The molecule has 2 aromatic heterocycles. The van der Waals surface area contributed by atoms with Gasteiger partial charge in [0, 0.05) is 20.6 Å². The summed E-state index contributed by atoms with van der Waals surface area (Å²) in [6, 6.07) is 17.8. The molecule has 4 rings (SSSR count). The highest BCUT2D eigenvalue weighted by molar-refractivity contribution is 9.10.